The first-order chi connectivity index (χ1) is 8.41. The number of hydrogen-bond donors (Lipinski definition) is 0. The lowest BCUT2D eigenvalue weighted by Gasteiger charge is -2.03. The van der Waals surface area contributed by atoms with Gasteiger partial charge in [0.1, 0.15) is 0 Å². The lowest BCUT2D eigenvalue weighted by atomic mass is 10.1. The molecule has 104 valence electrons. The van der Waals surface area contributed by atoms with Crippen LogP contribution in [0.15, 0.2) is 0 Å². The van der Waals surface area contributed by atoms with Crippen molar-refractivity contribution in [3.05, 3.63) is 0 Å². The van der Waals surface area contributed by atoms with Crippen molar-refractivity contribution in [2.45, 2.75) is 83.7 Å². The lowest BCUT2D eigenvalue weighted by Crippen LogP contribution is -1.92. The normalized spacial score (nSPS) is 11.6. The topological polar surface area (TPSA) is 9.23 Å². The molecule has 2 heteroatoms. The summed E-state index contributed by atoms with van der Waals surface area (Å²) in [5.41, 5.74) is 0. The molecule has 0 rings (SSSR count). The second-order valence-corrected chi connectivity index (χ2v) is 6.79. The summed E-state index contributed by atoms with van der Waals surface area (Å²) < 4.78 is 5.33. The van der Waals surface area contributed by atoms with E-state index < -0.39 is 0 Å². The maximum Gasteiger partial charge on any atom is 0.0465 e. The third kappa shape index (κ3) is 16.2. The zero-order chi connectivity index (χ0) is 12.6. The summed E-state index contributed by atoms with van der Waals surface area (Å²) in [7, 11) is 0.344. The first-order valence-electron chi connectivity index (χ1n) is 7.99. The molecule has 0 bridgehead atoms. The smallest absolute Gasteiger partial charge is 0.0465 e. The second-order valence-electron chi connectivity index (χ2n) is 5.09. The van der Waals surface area contributed by atoms with Crippen molar-refractivity contribution >= 4 is 9.52 Å². The monoisotopic (exact) mass is 258 g/mol. The van der Waals surface area contributed by atoms with E-state index in [2.05, 4.69) is 13.5 Å². The molecule has 0 aromatic carbocycles. The van der Waals surface area contributed by atoms with E-state index in [0.29, 0.717) is 9.52 Å². The summed E-state index contributed by atoms with van der Waals surface area (Å²) >= 11 is 0. The van der Waals surface area contributed by atoms with Crippen LogP contribution in [0.5, 0.6) is 0 Å². The summed E-state index contributed by atoms with van der Waals surface area (Å²) in [6.45, 7) is 6.34. The number of ether oxygens (including phenoxy) is 1. The summed E-state index contributed by atoms with van der Waals surface area (Å²) in [6, 6.07) is 1.57. The van der Waals surface area contributed by atoms with Gasteiger partial charge in [-0.15, -0.1) is 0 Å². The molecule has 0 fully saturated rings. The molecule has 1 nitrogen and oxygen atoms in total. The predicted molar refractivity (Wildman–Crippen MR) is 81.9 cm³/mol. The first-order valence-corrected chi connectivity index (χ1v) is 10.4. The van der Waals surface area contributed by atoms with Crippen LogP contribution in [-0.2, 0) is 4.74 Å². The third-order valence-corrected chi connectivity index (χ3v) is 4.55. The Labute approximate surface area is 112 Å². The molecule has 0 aliphatic heterocycles. The minimum absolute atomic E-state index is 0.344. The molecule has 0 spiro atoms. The van der Waals surface area contributed by atoms with Crippen LogP contribution in [0.4, 0.5) is 0 Å². The van der Waals surface area contributed by atoms with Gasteiger partial charge in [0.25, 0.3) is 0 Å². The Hall–Kier alpha value is 0.177. The van der Waals surface area contributed by atoms with Gasteiger partial charge < -0.3 is 4.74 Å². The average Bonchev–Trinajstić information content (AvgIpc) is 2.35. The number of hydrogen-bond acceptors (Lipinski definition) is 1. The molecule has 0 aliphatic carbocycles. The van der Waals surface area contributed by atoms with Crippen LogP contribution in [0.3, 0.4) is 0 Å². The van der Waals surface area contributed by atoms with E-state index in [1.807, 2.05) is 0 Å². The van der Waals surface area contributed by atoms with Gasteiger partial charge in [-0.25, -0.2) is 0 Å². The largest absolute Gasteiger partial charge is 0.382 e. The molecule has 0 atom stereocenters. The molecular formula is C15H34OSi. The quantitative estimate of drug-likeness (QED) is 0.328. The highest BCUT2D eigenvalue weighted by atomic mass is 28.2. The van der Waals surface area contributed by atoms with Crippen LogP contribution in [0.2, 0.25) is 12.6 Å². The van der Waals surface area contributed by atoms with Gasteiger partial charge in [-0.2, -0.15) is 0 Å². The van der Waals surface area contributed by atoms with E-state index in [1.54, 1.807) is 6.04 Å². The standard InChI is InChI=1S/C15H34OSi/c1-3-16-14-12-10-8-6-4-5-7-9-11-13-15-17-2/h3-15,17H2,1-2H3. The second kappa shape index (κ2) is 16.2. The van der Waals surface area contributed by atoms with E-state index in [9.17, 15) is 0 Å². The number of unbranched alkanes of at least 4 members (excludes halogenated alkanes) is 9. The molecular weight excluding hydrogens is 224 g/mol. The van der Waals surface area contributed by atoms with Crippen LogP contribution < -0.4 is 0 Å². The highest BCUT2D eigenvalue weighted by Crippen LogP contribution is 2.11. The highest BCUT2D eigenvalue weighted by molar-refractivity contribution is 6.33. The van der Waals surface area contributed by atoms with Crippen LogP contribution in [0.25, 0.3) is 0 Å². The van der Waals surface area contributed by atoms with Gasteiger partial charge in [0.15, 0.2) is 0 Å². The van der Waals surface area contributed by atoms with E-state index in [4.69, 9.17) is 4.74 Å². The first kappa shape index (κ1) is 17.2. The fourth-order valence-corrected chi connectivity index (χ4v) is 3.04. The van der Waals surface area contributed by atoms with Crippen LogP contribution in [0.1, 0.15) is 71.1 Å². The minimum Gasteiger partial charge on any atom is -0.382 e. The molecule has 0 heterocycles. The fourth-order valence-electron chi connectivity index (χ4n) is 2.19. The van der Waals surface area contributed by atoms with E-state index in [0.717, 1.165) is 13.2 Å². The van der Waals surface area contributed by atoms with Gasteiger partial charge in [0.2, 0.25) is 0 Å². The lowest BCUT2D eigenvalue weighted by molar-refractivity contribution is 0.143. The highest BCUT2D eigenvalue weighted by Gasteiger charge is 1.93. The van der Waals surface area contributed by atoms with Crippen molar-refractivity contribution in [2.24, 2.45) is 0 Å². The Morgan fingerprint density at radius 1 is 0.706 bits per heavy atom. The predicted octanol–water partition coefficient (Wildman–Crippen LogP) is 4.56. The molecule has 0 aromatic heterocycles. The molecule has 0 amide bonds. The van der Waals surface area contributed by atoms with Gasteiger partial charge in [0, 0.05) is 22.7 Å². The van der Waals surface area contributed by atoms with Crippen molar-refractivity contribution in [1.29, 1.82) is 0 Å². The third-order valence-electron chi connectivity index (χ3n) is 3.35. The molecule has 0 unspecified atom stereocenters. The molecule has 17 heavy (non-hydrogen) atoms. The van der Waals surface area contributed by atoms with E-state index in [-0.39, 0.29) is 0 Å². The average molecular weight is 259 g/mol. The molecule has 0 aliphatic rings. The van der Waals surface area contributed by atoms with Gasteiger partial charge in [-0.05, 0) is 13.3 Å². The summed E-state index contributed by atoms with van der Waals surface area (Å²) in [5, 5.41) is 0. The fraction of sp³-hybridized carbons (Fsp3) is 1.00. The Morgan fingerprint density at radius 3 is 1.65 bits per heavy atom. The summed E-state index contributed by atoms with van der Waals surface area (Å²) in [4.78, 5) is 0. The molecule has 0 aromatic rings. The Bertz CT molecular complexity index is 114. The van der Waals surface area contributed by atoms with Crippen molar-refractivity contribution in [1.82, 2.24) is 0 Å². The van der Waals surface area contributed by atoms with E-state index in [1.165, 1.54) is 64.2 Å². The number of rotatable bonds is 14. The molecule has 0 saturated carbocycles. The zero-order valence-electron chi connectivity index (χ0n) is 12.3. The maximum absolute atomic E-state index is 5.33. The minimum atomic E-state index is 0.344. The zero-order valence-corrected chi connectivity index (χ0v) is 13.7. The van der Waals surface area contributed by atoms with Crippen LogP contribution >= 0.6 is 0 Å². The van der Waals surface area contributed by atoms with Crippen molar-refractivity contribution in [3.63, 3.8) is 0 Å². The summed E-state index contributed by atoms with van der Waals surface area (Å²) in [5.74, 6) is 0. The Morgan fingerprint density at radius 2 is 1.18 bits per heavy atom. The Balaban J connectivity index is 2.85. The van der Waals surface area contributed by atoms with Gasteiger partial charge >= 0.3 is 0 Å². The van der Waals surface area contributed by atoms with Gasteiger partial charge in [-0.1, -0.05) is 70.4 Å². The van der Waals surface area contributed by atoms with Crippen molar-refractivity contribution < 1.29 is 4.74 Å². The molecule has 0 radical (unpaired) electrons. The SMILES string of the molecule is CCOCCCCCCCCCCCC[SiH2]C. The van der Waals surface area contributed by atoms with Gasteiger partial charge in [0.05, 0.1) is 0 Å². The van der Waals surface area contributed by atoms with Crippen LogP contribution in [0, 0.1) is 0 Å². The molecule has 0 saturated heterocycles. The maximum atomic E-state index is 5.33. The summed E-state index contributed by atoms with van der Waals surface area (Å²) in [6.07, 6.45) is 14.4. The Kier molecular flexibility index (Phi) is 16.3. The van der Waals surface area contributed by atoms with Crippen LogP contribution in [-0.4, -0.2) is 22.7 Å². The molecule has 0 N–H and O–H groups in total. The van der Waals surface area contributed by atoms with Crippen molar-refractivity contribution in [2.75, 3.05) is 13.2 Å². The van der Waals surface area contributed by atoms with Gasteiger partial charge in [-0.3, -0.25) is 0 Å². The van der Waals surface area contributed by atoms with E-state index >= 15 is 0 Å². The van der Waals surface area contributed by atoms with Crippen molar-refractivity contribution in [3.8, 4) is 0 Å².